The van der Waals surface area contributed by atoms with Gasteiger partial charge in [-0.3, -0.25) is 10.1 Å². The summed E-state index contributed by atoms with van der Waals surface area (Å²) < 4.78 is 0.992. The molecule has 0 saturated carbocycles. The first-order valence-corrected chi connectivity index (χ1v) is 5.67. The van der Waals surface area contributed by atoms with Gasteiger partial charge >= 0.3 is 0 Å². The van der Waals surface area contributed by atoms with Gasteiger partial charge in [-0.15, -0.1) is 6.42 Å². The van der Waals surface area contributed by atoms with E-state index in [9.17, 15) is 4.79 Å². The molecule has 0 saturated heterocycles. The number of halogens is 1. The predicted octanol–water partition coefficient (Wildman–Crippen LogP) is 1.29. The van der Waals surface area contributed by atoms with Crippen LogP contribution in [-0.4, -0.2) is 19.0 Å². The summed E-state index contributed by atoms with van der Waals surface area (Å²) in [6.45, 7) is 1.16. The molecule has 0 spiro atoms. The number of hydrogen-bond donors (Lipinski definition) is 2. The van der Waals surface area contributed by atoms with E-state index < -0.39 is 0 Å². The standard InChI is InChI=1S/C12H13BrN2O/c1-2-7-14-9-12(16)15-8-10-5-3-4-6-11(10)13/h1,3-6,14H,7-9H2,(H,15,16). The Morgan fingerprint density at radius 2 is 2.19 bits per heavy atom. The maximum Gasteiger partial charge on any atom is 0.234 e. The Morgan fingerprint density at radius 1 is 1.44 bits per heavy atom. The van der Waals surface area contributed by atoms with Crippen LogP contribution in [0.5, 0.6) is 0 Å². The maximum absolute atomic E-state index is 11.3. The van der Waals surface area contributed by atoms with Crippen LogP contribution in [0.1, 0.15) is 5.56 Å². The highest BCUT2D eigenvalue weighted by Gasteiger charge is 2.02. The topological polar surface area (TPSA) is 41.1 Å². The maximum atomic E-state index is 11.3. The van der Waals surface area contributed by atoms with Gasteiger partial charge < -0.3 is 5.32 Å². The second-order valence-corrected chi connectivity index (χ2v) is 4.03. The number of benzene rings is 1. The molecule has 0 bridgehead atoms. The first-order valence-electron chi connectivity index (χ1n) is 4.88. The smallest absolute Gasteiger partial charge is 0.234 e. The van der Waals surface area contributed by atoms with E-state index in [2.05, 4.69) is 32.5 Å². The monoisotopic (exact) mass is 280 g/mol. The molecule has 84 valence electrons. The molecule has 0 radical (unpaired) electrons. The van der Waals surface area contributed by atoms with Crippen LogP contribution in [0.15, 0.2) is 28.7 Å². The Balaban J connectivity index is 2.32. The molecule has 0 aliphatic rings. The molecule has 0 aliphatic carbocycles. The number of carbonyl (C=O) groups is 1. The largest absolute Gasteiger partial charge is 0.351 e. The van der Waals surface area contributed by atoms with Gasteiger partial charge in [0.1, 0.15) is 0 Å². The van der Waals surface area contributed by atoms with E-state index in [1.807, 2.05) is 24.3 Å². The van der Waals surface area contributed by atoms with Crippen LogP contribution in [0.4, 0.5) is 0 Å². The average Bonchev–Trinajstić information content (AvgIpc) is 2.28. The minimum absolute atomic E-state index is 0.0639. The third kappa shape index (κ3) is 4.47. The molecule has 3 nitrogen and oxygen atoms in total. The van der Waals surface area contributed by atoms with Gasteiger partial charge in [0.25, 0.3) is 0 Å². The fourth-order valence-electron chi connectivity index (χ4n) is 1.15. The zero-order valence-corrected chi connectivity index (χ0v) is 10.4. The minimum Gasteiger partial charge on any atom is -0.351 e. The highest BCUT2D eigenvalue weighted by atomic mass is 79.9. The van der Waals surface area contributed by atoms with Crippen molar-refractivity contribution in [3.8, 4) is 12.3 Å². The summed E-state index contributed by atoms with van der Waals surface area (Å²) in [7, 11) is 0. The van der Waals surface area contributed by atoms with Gasteiger partial charge in [-0.1, -0.05) is 40.0 Å². The van der Waals surface area contributed by atoms with Crippen molar-refractivity contribution < 1.29 is 4.79 Å². The molecule has 0 heterocycles. The molecule has 4 heteroatoms. The van der Waals surface area contributed by atoms with E-state index >= 15 is 0 Å². The van der Waals surface area contributed by atoms with Crippen molar-refractivity contribution in [1.82, 2.24) is 10.6 Å². The normalized spacial score (nSPS) is 9.50. The van der Waals surface area contributed by atoms with Gasteiger partial charge in [0.05, 0.1) is 13.1 Å². The molecular weight excluding hydrogens is 268 g/mol. The third-order valence-electron chi connectivity index (χ3n) is 1.95. The Hall–Kier alpha value is -1.31. The number of terminal acetylenes is 1. The predicted molar refractivity (Wildman–Crippen MR) is 67.7 cm³/mol. The lowest BCUT2D eigenvalue weighted by atomic mass is 10.2. The molecule has 0 fully saturated rings. The average molecular weight is 281 g/mol. The van der Waals surface area contributed by atoms with Crippen LogP contribution in [-0.2, 0) is 11.3 Å². The van der Waals surface area contributed by atoms with Crippen molar-refractivity contribution in [1.29, 1.82) is 0 Å². The molecule has 1 rings (SSSR count). The van der Waals surface area contributed by atoms with Crippen LogP contribution in [0.2, 0.25) is 0 Å². The third-order valence-corrected chi connectivity index (χ3v) is 2.72. The molecule has 0 aromatic heterocycles. The molecular formula is C12H13BrN2O. The van der Waals surface area contributed by atoms with Gasteiger partial charge in [-0.05, 0) is 11.6 Å². The number of nitrogens with one attached hydrogen (secondary N) is 2. The minimum atomic E-state index is -0.0639. The summed E-state index contributed by atoms with van der Waals surface area (Å²) in [5.74, 6) is 2.34. The van der Waals surface area contributed by atoms with Crippen molar-refractivity contribution >= 4 is 21.8 Å². The van der Waals surface area contributed by atoms with E-state index in [1.165, 1.54) is 0 Å². The van der Waals surface area contributed by atoms with E-state index in [4.69, 9.17) is 6.42 Å². The molecule has 1 amide bonds. The molecule has 16 heavy (non-hydrogen) atoms. The summed E-state index contributed by atoms with van der Waals surface area (Å²) in [6, 6.07) is 7.77. The Bertz CT molecular complexity index is 398. The highest BCUT2D eigenvalue weighted by molar-refractivity contribution is 9.10. The summed E-state index contributed by atoms with van der Waals surface area (Å²) in [4.78, 5) is 11.3. The SMILES string of the molecule is C#CCNCC(=O)NCc1ccccc1Br. The van der Waals surface area contributed by atoms with Crippen molar-refractivity contribution in [3.05, 3.63) is 34.3 Å². The fraction of sp³-hybridized carbons (Fsp3) is 0.250. The zero-order chi connectivity index (χ0) is 11.8. The highest BCUT2D eigenvalue weighted by Crippen LogP contribution is 2.14. The molecule has 0 aliphatic heterocycles. The number of amides is 1. The van der Waals surface area contributed by atoms with E-state index in [0.29, 0.717) is 13.1 Å². The summed E-state index contributed by atoms with van der Waals surface area (Å²) in [5, 5.41) is 5.62. The first kappa shape index (κ1) is 12.8. The lowest BCUT2D eigenvalue weighted by molar-refractivity contribution is -0.120. The lowest BCUT2D eigenvalue weighted by Crippen LogP contribution is -2.33. The van der Waals surface area contributed by atoms with Crippen LogP contribution < -0.4 is 10.6 Å². The molecule has 1 aromatic rings. The summed E-state index contributed by atoms with van der Waals surface area (Å²) in [5.41, 5.74) is 1.05. The molecule has 0 atom stereocenters. The van der Waals surface area contributed by atoms with Gasteiger partial charge in [-0.25, -0.2) is 0 Å². The van der Waals surface area contributed by atoms with Gasteiger partial charge in [-0.2, -0.15) is 0 Å². The lowest BCUT2D eigenvalue weighted by Gasteiger charge is -2.06. The van der Waals surface area contributed by atoms with Crippen molar-refractivity contribution in [3.63, 3.8) is 0 Å². The first-order chi connectivity index (χ1) is 7.74. The van der Waals surface area contributed by atoms with Gasteiger partial charge in [0.15, 0.2) is 0 Å². The van der Waals surface area contributed by atoms with Gasteiger partial charge in [0, 0.05) is 11.0 Å². The Morgan fingerprint density at radius 3 is 2.88 bits per heavy atom. The van der Waals surface area contributed by atoms with Crippen molar-refractivity contribution in [2.45, 2.75) is 6.54 Å². The Labute approximate surface area is 104 Å². The van der Waals surface area contributed by atoms with Crippen LogP contribution in [0.25, 0.3) is 0 Å². The van der Waals surface area contributed by atoms with Crippen LogP contribution >= 0.6 is 15.9 Å². The van der Waals surface area contributed by atoms with Crippen LogP contribution in [0, 0.1) is 12.3 Å². The summed E-state index contributed by atoms with van der Waals surface area (Å²) in [6.07, 6.45) is 5.05. The molecule has 2 N–H and O–H groups in total. The van der Waals surface area contributed by atoms with E-state index in [0.717, 1.165) is 10.0 Å². The summed E-state index contributed by atoms with van der Waals surface area (Å²) >= 11 is 3.42. The number of carbonyl (C=O) groups excluding carboxylic acids is 1. The van der Waals surface area contributed by atoms with Crippen LogP contribution in [0.3, 0.4) is 0 Å². The quantitative estimate of drug-likeness (QED) is 0.630. The second kappa shape index (κ2) is 7.04. The molecule has 0 unspecified atom stereocenters. The van der Waals surface area contributed by atoms with E-state index in [-0.39, 0.29) is 12.5 Å². The van der Waals surface area contributed by atoms with E-state index in [1.54, 1.807) is 0 Å². The fourth-order valence-corrected chi connectivity index (χ4v) is 1.57. The van der Waals surface area contributed by atoms with Crippen molar-refractivity contribution in [2.24, 2.45) is 0 Å². The molecule has 1 aromatic carbocycles. The number of rotatable bonds is 5. The van der Waals surface area contributed by atoms with Crippen molar-refractivity contribution in [2.75, 3.05) is 13.1 Å². The second-order valence-electron chi connectivity index (χ2n) is 3.18. The zero-order valence-electron chi connectivity index (χ0n) is 8.79. The number of hydrogen-bond acceptors (Lipinski definition) is 2. The van der Waals surface area contributed by atoms with Gasteiger partial charge in [0.2, 0.25) is 5.91 Å². The Kier molecular flexibility index (Phi) is 5.62.